The van der Waals surface area contributed by atoms with Crippen LogP contribution in [0.25, 0.3) is 0 Å². The molecule has 2 aromatic heterocycles. The van der Waals surface area contributed by atoms with Crippen LogP contribution >= 0.6 is 11.3 Å². The van der Waals surface area contributed by atoms with Crippen molar-refractivity contribution in [1.29, 1.82) is 0 Å². The normalized spacial score (nSPS) is 12.6. The molecule has 4 heteroatoms. The van der Waals surface area contributed by atoms with Gasteiger partial charge in [-0.1, -0.05) is 0 Å². The number of nitrogens with zero attached hydrogens (tertiary/aromatic N) is 1. The first-order chi connectivity index (χ1) is 8.27. The fraction of sp³-hybridized carbons (Fsp3) is 0.308. The molecule has 2 aromatic rings. The molecule has 0 aliphatic heterocycles. The minimum Gasteiger partial charge on any atom is -0.387 e. The summed E-state index contributed by atoms with van der Waals surface area (Å²) in [6.45, 7) is 3.36. The lowest BCUT2D eigenvalue weighted by molar-refractivity contribution is 0.175. The smallest absolute Gasteiger partial charge is 0.0922 e. The second kappa shape index (κ2) is 5.91. The highest BCUT2D eigenvalue weighted by molar-refractivity contribution is 7.07. The fourth-order valence-corrected chi connectivity index (χ4v) is 2.31. The fourth-order valence-electron chi connectivity index (χ4n) is 1.61. The maximum absolute atomic E-state index is 9.89. The molecule has 17 heavy (non-hydrogen) atoms. The SMILES string of the molecule is Cc1ccncc1CNCC(O)c1ccsc1. The van der Waals surface area contributed by atoms with E-state index in [1.165, 1.54) is 11.1 Å². The van der Waals surface area contributed by atoms with Gasteiger partial charge < -0.3 is 10.4 Å². The number of hydrogen-bond donors (Lipinski definition) is 2. The third-order valence-electron chi connectivity index (χ3n) is 2.73. The van der Waals surface area contributed by atoms with Crippen LogP contribution < -0.4 is 5.32 Å². The van der Waals surface area contributed by atoms with E-state index in [1.54, 1.807) is 17.5 Å². The van der Waals surface area contributed by atoms with Gasteiger partial charge in [-0.3, -0.25) is 4.98 Å². The predicted molar refractivity (Wildman–Crippen MR) is 70.0 cm³/mol. The molecule has 0 fully saturated rings. The first-order valence-corrected chi connectivity index (χ1v) is 6.52. The number of thiophene rings is 1. The van der Waals surface area contributed by atoms with Crippen LogP contribution in [0, 0.1) is 6.92 Å². The Balaban J connectivity index is 1.82. The van der Waals surface area contributed by atoms with Gasteiger partial charge in [-0.15, -0.1) is 0 Å². The number of pyridine rings is 1. The average Bonchev–Trinajstić information content (AvgIpc) is 2.85. The molecule has 0 saturated carbocycles. The van der Waals surface area contributed by atoms with Crippen LogP contribution in [0.2, 0.25) is 0 Å². The molecule has 0 bridgehead atoms. The van der Waals surface area contributed by atoms with Gasteiger partial charge in [-0.2, -0.15) is 11.3 Å². The summed E-state index contributed by atoms with van der Waals surface area (Å²) in [6, 6.07) is 3.94. The Hall–Kier alpha value is -1.23. The minimum atomic E-state index is -0.432. The number of aliphatic hydroxyl groups excluding tert-OH is 1. The zero-order valence-corrected chi connectivity index (χ0v) is 10.6. The van der Waals surface area contributed by atoms with Crippen molar-refractivity contribution >= 4 is 11.3 Å². The van der Waals surface area contributed by atoms with Crippen LogP contribution in [-0.2, 0) is 6.54 Å². The van der Waals surface area contributed by atoms with Crippen molar-refractivity contribution in [2.24, 2.45) is 0 Å². The van der Waals surface area contributed by atoms with Crippen LogP contribution in [0.4, 0.5) is 0 Å². The summed E-state index contributed by atoms with van der Waals surface area (Å²) in [5.41, 5.74) is 3.37. The van der Waals surface area contributed by atoms with Gasteiger partial charge in [0.2, 0.25) is 0 Å². The number of aryl methyl sites for hydroxylation is 1. The van der Waals surface area contributed by atoms with Crippen molar-refractivity contribution in [3.63, 3.8) is 0 Å². The highest BCUT2D eigenvalue weighted by atomic mass is 32.1. The van der Waals surface area contributed by atoms with E-state index >= 15 is 0 Å². The third kappa shape index (κ3) is 3.36. The van der Waals surface area contributed by atoms with Gasteiger partial charge in [-0.25, -0.2) is 0 Å². The molecule has 1 unspecified atom stereocenters. The van der Waals surface area contributed by atoms with Gasteiger partial charge in [0.05, 0.1) is 6.10 Å². The second-order valence-corrected chi connectivity index (χ2v) is 4.79. The van der Waals surface area contributed by atoms with Crippen molar-refractivity contribution in [1.82, 2.24) is 10.3 Å². The van der Waals surface area contributed by atoms with Crippen LogP contribution in [-0.4, -0.2) is 16.6 Å². The molecule has 0 aliphatic rings. The van der Waals surface area contributed by atoms with E-state index in [4.69, 9.17) is 0 Å². The molecule has 1 atom stereocenters. The largest absolute Gasteiger partial charge is 0.387 e. The number of aromatic nitrogens is 1. The maximum Gasteiger partial charge on any atom is 0.0922 e. The molecular formula is C13H16N2OS. The lowest BCUT2D eigenvalue weighted by atomic mass is 10.1. The molecule has 0 radical (unpaired) electrons. The topological polar surface area (TPSA) is 45.2 Å². The quantitative estimate of drug-likeness (QED) is 0.853. The summed E-state index contributed by atoms with van der Waals surface area (Å²) >= 11 is 1.60. The molecular weight excluding hydrogens is 232 g/mol. The molecule has 0 spiro atoms. The van der Waals surface area contributed by atoms with Gasteiger partial charge >= 0.3 is 0 Å². The van der Waals surface area contributed by atoms with E-state index in [9.17, 15) is 5.11 Å². The molecule has 3 nitrogen and oxygen atoms in total. The van der Waals surface area contributed by atoms with Gasteiger partial charge in [0.1, 0.15) is 0 Å². The molecule has 0 saturated heterocycles. The minimum absolute atomic E-state index is 0.432. The Morgan fingerprint density at radius 3 is 3.06 bits per heavy atom. The van der Waals surface area contributed by atoms with Crippen LogP contribution in [0.15, 0.2) is 35.3 Å². The van der Waals surface area contributed by atoms with Crippen molar-refractivity contribution < 1.29 is 5.11 Å². The lowest BCUT2D eigenvalue weighted by Gasteiger charge is -2.11. The van der Waals surface area contributed by atoms with Crippen molar-refractivity contribution in [2.45, 2.75) is 19.6 Å². The standard InChI is InChI=1S/C13H16N2OS/c1-10-2-4-14-6-12(10)7-15-8-13(16)11-3-5-17-9-11/h2-6,9,13,15-16H,7-8H2,1H3. The summed E-state index contributed by atoms with van der Waals surface area (Å²) in [7, 11) is 0. The summed E-state index contributed by atoms with van der Waals surface area (Å²) in [5, 5.41) is 17.1. The first-order valence-electron chi connectivity index (χ1n) is 5.57. The molecule has 90 valence electrons. The molecule has 0 aliphatic carbocycles. The van der Waals surface area contributed by atoms with Crippen LogP contribution in [0.3, 0.4) is 0 Å². The average molecular weight is 248 g/mol. The highest BCUT2D eigenvalue weighted by Crippen LogP contribution is 2.15. The number of rotatable bonds is 5. The van der Waals surface area contributed by atoms with E-state index in [0.29, 0.717) is 6.54 Å². The van der Waals surface area contributed by atoms with Gasteiger partial charge in [-0.05, 0) is 46.5 Å². The van der Waals surface area contributed by atoms with E-state index in [0.717, 1.165) is 12.1 Å². The van der Waals surface area contributed by atoms with Crippen molar-refractivity contribution in [2.75, 3.05) is 6.54 Å². The second-order valence-electron chi connectivity index (χ2n) is 4.01. The maximum atomic E-state index is 9.89. The Morgan fingerprint density at radius 1 is 1.47 bits per heavy atom. The zero-order chi connectivity index (χ0) is 12.1. The Labute approximate surface area is 105 Å². The van der Waals surface area contributed by atoms with Crippen LogP contribution in [0.5, 0.6) is 0 Å². The van der Waals surface area contributed by atoms with E-state index in [2.05, 4.69) is 17.2 Å². The van der Waals surface area contributed by atoms with Crippen molar-refractivity contribution in [3.8, 4) is 0 Å². The van der Waals surface area contributed by atoms with Gasteiger partial charge in [0, 0.05) is 25.5 Å². The van der Waals surface area contributed by atoms with Crippen LogP contribution in [0.1, 0.15) is 22.8 Å². The van der Waals surface area contributed by atoms with E-state index < -0.39 is 6.10 Å². The molecule has 0 aromatic carbocycles. The molecule has 2 rings (SSSR count). The van der Waals surface area contributed by atoms with Gasteiger partial charge in [0.25, 0.3) is 0 Å². The van der Waals surface area contributed by atoms with E-state index in [-0.39, 0.29) is 0 Å². The monoisotopic (exact) mass is 248 g/mol. The highest BCUT2D eigenvalue weighted by Gasteiger charge is 2.07. The molecule has 0 amide bonds. The first kappa shape index (κ1) is 12.2. The predicted octanol–water partition coefficient (Wildman–Crippen LogP) is 2.27. The summed E-state index contributed by atoms with van der Waals surface area (Å²) in [4.78, 5) is 4.09. The lowest BCUT2D eigenvalue weighted by Crippen LogP contribution is -2.21. The Morgan fingerprint density at radius 2 is 2.35 bits per heavy atom. The number of aliphatic hydroxyl groups is 1. The Bertz CT molecular complexity index is 456. The number of nitrogens with one attached hydrogen (secondary N) is 1. The summed E-state index contributed by atoms with van der Waals surface area (Å²) in [5.74, 6) is 0. The van der Waals surface area contributed by atoms with Gasteiger partial charge in [0.15, 0.2) is 0 Å². The summed E-state index contributed by atoms with van der Waals surface area (Å²) < 4.78 is 0. The molecule has 2 N–H and O–H groups in total. The zero-order valence-electron chi connectivity index (χ0n) is 9.76. The summed E-state index contributed by atoms with van der Waals surface area (Å²) in [6.07, 6.45) is 3.22. The van der Waals surface area contributed by atoms with E-state index in [1.807, 2.05) is 29.1 Å². The number of hydrogen-bond acceptors (Lipinski definition) is 4. The third-order valence-corrected chi connectivity index (χ3v) is 3.43. The Kier molecular flexibility index (Phi) is 4.25. The molecule has 2 heterocycles. The van der Waals surface area contributed by atoms with Crippen molar-refractivity contribution in [3.05, 3.63) is 52.0 Å².